The van der Waals surface area contributed by atoms with Crippen molar-refractivity contribution >= 4 is 23.2 Å². The van der Waals surface area contributed by atoms with E-state index >= 15 is 0 Å². The standard InChI is InChI=1S/C11H15Cl2NO/c1-7(15)4-9(6-14)8-2-3-10(12)11(13)5-8/h2-3,5,7,9,15H,4,6,14H2,1H3. The lowest BCUT2D eigenvalue weighted by molar-refractivity contribution is 0.175. The van der Waals surface area contributed by atoms with Crippen molar-refractivity contribution in [1.82, 2.24) is 0 Å². The third-order valence-corrected chi connectivity index (χ3v) is 3.06. The average molecular weight is 248 g/mol. The zero-order valence-electron chi connectivity index (χ0n) is 8.58. The van der Waals surface area contributed by atoms with Crippen LogP contribution >= 0.6 is 23.2 Å². The number of aliphatic hydroxyl groups is 1. The molecule has 0 saturated heterocycles. The Hall–Kier alpha value is -0.280. The van der Waals surface area contributed by atoms with Gasteiger partial charge in [0.05, 0.1) is 16.1 Å². The minimum Gasteiger partial charge on any atom is -0.393 e. The highest BCUT2D eigenvalue weighted by atomic mass is 35.5. The van der Waals surface area contributed by atoms with Crippen LogP contribution in [0.1, 0.15) is 24.8 Å². The Labute approximate surface area is 100.0 Å². The fraction of sp³-hybridized carbons (Fsp3) is 0.455. The van der Waals surface area contributed by atoms with E-state index in [0.29, 0.717) is 23.0 Å². The summed E-state index contributed by atoms with van der Waals surface area (Å²) in [5, 5.41) is 10.4. The molecule has 15 heavy (non-hydrogen) atoms. The molecule has 2 nitrogen and oxygen atoms in total. The van der Waals surface area contributed by atoms with Crippen molar-refractivity contribution in [2.45, 2.75) is 25.4 Å². The van der Waals surface area contributed by atoms with Crippen molar-refractivity contribution in [3.8, 4) is 0 Å². The molecule has 0 aliphatic carbocycles. The zero-order chi connectivity index (χ0) is 11.4. The minimum absolute atomic E-state index is 0.125. The summed E-state index contributed by atoms with van der Waals surface area (Å²) in [4.78, 5) is 0. The van der Waals surface area contributed by atoms with Crippen LogP contribution in [-0.2, 0) is 0 Å². The van der Waals surface area contributed by atoms with Gasteiger partial charge in [-0.2, -0.15) is 0 Å². The monoisotopic (exact) mass is 247 g/mol. The Balaban J connectivity index is 2.87. The highest BCUT2D eigenvalue weighted by Crippen LogP contribution is 2.28. The van der Waals surface area contributed by atoms with E-state index in [1.807, 2.05) is 12.1 Å². The maximum Gasteiger partial charge on any atom is 0.0595 e. The van der Waals surface area contributed by atoms with Gasteiger partial charge in [0.25, 0.3) is 0 Å². The largest absolute Gasteiger partial charge is 0.393 e. The fourth-order valence-electron chi connectivity index (χ4n) is 1.55. The summed E-state index contributed by atoms with van der Waals surface area (Å²) >= 11 is 11.7. The molecule has 0 bridgehead atoms. The molecular weight excluding hydrogens is 233 g/mol. The lowest BCUT2D eigenvalue weighted by Crippen LogP contribution is -2.17. The summed E-state index contributed by atoms with van der Waals surface area (Å²) in [6, 6.07) is 5.46. The maximum absolute atomic E-state index is 9.32. The molecule has 2 atom stereocenters. The van der Waals surface area contributed by atoms with Crippen LogP contribution in [0, 0.1) is 0 Å². The summed E-state index contributed by atoms with van der Waals surface area (Å²) < 4.78 is 0. The van der Waals surface area contributed by atoms with E-state index in [4.69, 9.17) is 28.9 Å². The highest BCUT2D eigenvalue weighted by Gasteiger charge is 2.13. The first-order valence-corrected chi connectivity index (χ1v) is 5.63. The summed E-state index contributed by atoms with van der Waals surface area (Å²) in [6.07, 6.45) is 0.266. The van der Waals surface area contributed by atoms with Crippen molar-refractivity contribution in [3.05, 3.63) is 33.8 Å². The van der Waals surface area contributed by atoms with Crippen molar-refractivity contribution in [2.24, 2.45) is 5.73 Å². The number of halogens is 2. The van der Waals surface area contributed by atoms with E-state index in [2.05, 4.69) is 0 Å². The third-order valence-electron chi connectivity index (χ3n) is 2.33. The van der Waals surface area contributed by atoms with Gasteiger partial charge in [-0.15, -0.1) is 0 Å². The van der Waals surface area contributed by atoms with Gasteiger partial charge in [0.15, 0.2) is 0 Å². The van der Waals surface area contributed by atoms with Crippen molar-refractivity contribution < 1.29 is 5.11 Å². The van der Waals surface area contributed by atoms with Gasteiger partial charge < -0.3 is 10.8 Å². The van der Waals surface area contributed by atoms with E-state index in [0.717, 1.165) is 5.56 Å². The second-order valence-corrected chi connectivity index (χ2v) is 4.51. The number of rotatable bonds is 4. The summed E-state index contributed by atoms with van der Waals surface area (Å²) in [5.41, 5.74) is 6.68. The SMILES string of the molecule is CC(O)CC(CN)c1ccc(Cl)c(Cl)c1. The van der Waals surface area contributed by atoms with E-state index in [1.165, 1.54) is 0 Å². The van der Waals surface area contributed by atoms with Gasteiger partial charge in [-0.25, -0.2) is 0 Å². The predicted molar refractivity (Wildman–Crippen MR) is 64.6 cm³/mol. The Morgan fingerprint density at radius 1 is 1.33 bits per heavy atom. The first-order valence-electron chi connectivity index (χ1n) is 4.87. The minimum atomic E-state index is -0.368. The highest BCUT2D eigenvalue weighted by molar-refractivity contribution is 6.42. The van der Waals surface area contributed by atoms with Gasteiger partial charge in [-0.1, -0.05) is 29.3 Å². The van der Waals surface area contributed by atoms with Gasteiger partial charge in [-0.3, -0.25) is 0 Å². The Morgan fingerprint density at radius 3 is 2.47 bits per heavy atom. The molecule has 0 heterocycles. The summed E-state index contributed by atoms with van der Waals surface area (Å²) in [6.45, 7) is 2.24. The first kappa shape index (κ1) is 12.8. The molecule has 0 aliphatic rings. The summed E-state index contributed by atoms with van der Waals surface area (Å²) in [7, 11) is 0. The molecule has 84 valence electrons. The molecule has 0 aliphatic heterocycles. The maximum atomic E-state index is 9.32. The van der Waals surface area contributed by atoms with Gasteiger partial charge in [0, 0.05) is 0 Å². The third kappa shape index (κ3) is 3.65. The molecule has 0 spiro atoms. The lowest BCUT2D eigenvalue weighted by Gasteiger charge is -2.17. The molecule has 1 aromatic rings. The van der Waals surface area contributed by atoms with E-state index < -0.39 is 0 Å². The molecule has 2 unspecified atom stereocenters. The second-order valence-electron chi connectivity index (χ2n) is 3.69. The van der Waals surface area contributed by atoms with Crippen LogP contribution < -0.4 is 5.73 Å². The van der Waals surface area contributed by atoms with Crippen LogP contribution in [0.2, 0.25) is 10.0 Å². The van der Waals surface area contributed by atoms with Crippen LogP contribution in [0.4, 0.5) is 0 Å². The predicted octanol–water partition coefficient (Wildman–Crippen LogP) is 2.81. The number of aliphatic hydroxyl groups excluding tert-OH is 1. The molecule has 0 amide bonds. The molecule has 0 radical (unpaired) electrons. The quantitative estimate of drug-likeness (QED) is 0.860. The van der Waals surface area contributed by atoms with Crippen LogP contribution in [0.15, 0.2) is 18.2 Å². The number of hydrogen-bond donors (Lipinski definition) is 2. The first-order chi connectivity index (χ1) is 7.04. The molecule has 1 aromatic carbocycles. The average Bonchev–Trinajstić information content (AvgIpc) is 2.18. The molecule has 0 aromatic heterocycles. The molecule has 3 N–H and O–H groups in total. The lowest BCUT2D eigenvalue weighted by atomic mass is 9.94. The van der Waals surface area contributed by atoms with Crippen LogP contribution in [0.25, 0.3) is 0 Å². The van der Waals surface area contributed by atoms with E-state index in [9.17, 15) is 5.11 Å². The second kappa shape index (κ2) is 5.71. The molecule has 4 heteroatoms. The zero-order valence-corrected chi connectivity index (χ0v) is 10.1. The van der Waals surface area contributed by atoms with Gasteiger partial charge in [-0.05, 0) is 43.5 Å². The van der Waals surface area contributed by atoms with Crippen molar-refractivity contribution in [2.75, 3.05) is 6.54 Å². The normalized spacial score (nSPS) is 15.0. The topological polar surface area (TPSA) is 46.2 Å². The number of hydrogen-bond acceptors (Lipinski definition) is 2. The number of benzene rings is 1. The fourth-order valence-corrected chi connectivity index (χ4v) is 1.85. The van der Waals surface area contributed by atoms with Gasteiger partial charge in [0.2, 0.25) is 0 Å². The Morgan fingerprint density at radius 2 is 2.00 bits per heavy atom. The molecular formula is C11H15Cl2NO. The Kier molecular flexibility index (Phi) is 4.87. The molecule has 0 saturated carbocycles. The van der Waals surface area contributed by atoms with Gasteiger partial charge >= 0.3 is 0 Å². The van der Waals surface area contributed by atoms with Crippen molar-refractivity contribution in [3.63, 3.8) is 0 Å². The molecule has 1 rings (SSSR count). The van der Waals surface area contributed by atoms with Gasteiger partial charge in [0.1, 0.15) is 0 Å². The Bertz CT molecular complexity index is 328. The van der Waals surface area contributed by atoms with Crippen molar-refractivity contribution in [1.29, 1.82) is 0 Å². The van der Waals surface area contributed by atoms with E-state index in [-0.39, 0.29) is 12.0 Å². The number of nitrogens with two attached hydrogens (primary N) is 1. The summed E-state index contributed by atoms with van der Waals surface area (Å²) in [5.74, 6) is 0.125. The van der Waals surface area contributed by atoms with Crippen LogP contribution in [0.3, 0.4) is 0 Å². The van der Waals surface area contributed by atoms with Crippen LogP contribution in [0.5, 0.6) is 0 Å². The van der Waals surface area contributed by atoms with Crippen LogP contribution in [-0.4, -0.2) is 17.8 Å². The van der Waals surface area contributed by atoms with E-state index in [1.54, 1.807) is 13.0 Å². The smallest absolute Gasteiger partial charge is 0.0595 e. The molecule has 0 fully saturated rings.